The Morgan fingerprint density at radius 3 is 1.09 bits per heavy atom. The van der Waals surface area contributed by atoms with Crippen LogP contribution in [0.2, 0.25) is 0 Å². The standard InChI is InChI=1S/C27H30O5/c28-23(19-7-11-21(12-8-19)24(29)26(31)15-3-1-4-16-26)20-9-13-22(14-10-20)25(30)27(32)17-5-2-6-18-27/h7-14,31-32H,1-6,15-18H2. The number of hydrogen-bond donors (Lipinski definition) is 2. The van der Waals surface area contributed by atoms with Gasteiger partial charge in [-0.05, 0) is 25.7 Å². The molecule has 2 saturated carbocycles. The average Bonchev–Trinajstić information content (AvgIpc) is 2.84. The van der Waals surface area contributed by atoms with Crippen molar-refractivity contribution in [1.29, 1.82) is 0 Å². The molecule has 0 aromatic heterocycles. The lowest BCUT2D eigenvalue weighted by atomic mass is 9.79. The fourth-order valence-corrected chi connectivity index (χ4v) is 4.98. The Morgan fingerprint density at radius 1 is 0.500 bits per heavy atom. The van der Waals surface area contributed by atoms with Crippen LogP contribution in [0.5, 0.6) is 0 Å². The van der Waals surface area contributed by atoms with Crippen molar-refractivity contribution in [2.45, 2.75) is 75.4 Å². The fourth-order valence-electron chi connectivity index (χ4n) is 4.98. The van der Waals surface area contributed by atoms with Gasteiger partial charge in [0.05, 0.1) is 0 Å². The van der Waals surface area contributed by atoms with E-state index in [1.165, 1.54) is 0 Å². The fraction of sp³-hybridized carbons (Fsp3) is 0.444. The molecule has 0 amide bonds. The van der Waals surface area contributed by atoms with Crippen LogP contribution in [0.15, 0.2) is 48.5 Å². The van der Waals surface area contributed by atoms with Crippen molar-refractivity contribution in [3.05, 3.63) is 70.8 Å². The number of Topliss-reactive ketones (excluding diaryl/α,β-unsaturated/α-hetero) is 2. The van der Waals surface area contributed by atoms with Gasteiger partial charge in [0.2, 0.25) is 0 Å². The molecule has 0 unspecified atom stereocenters. The van der Waals surface area contributed by atoms with Gasteiger partial charge >= 0.3 is 0 Å². The minimum absolute atomic E-state index is 0.212. The molecular formula is C27H30O5. The summed E-state index contributed by atoms with van der Waals surface area (Å²) in [6, 6.07) is 12.8. The van der Waals surface area contributed by atoms with E-state index in [9.17, 15) is 24.6 Å². The van der Waals surface area contributed by atoms with E-state index in [1.54, 1.807) is 48.5 Å². The molecule has 2 aromatic rings. The van der Waals surface area contributed by atoms with Gasteiger partial charge in [0, 0.05) is 22.3 Å². The third kappa shape index (κ3) is 4.45. The summed E-state index contributed by atoms with van der Waals surface area (Å²) >= 11 is 0. The lowest BCUT2D eigenvalue weighted by Gasteiger charge is -2.30. The Morgan fingerprint density at radius 2 is 0.781 bits per heavy atom. The first-order valence-corrected chi connectivity index (χ1v) is 11.6. The number of aliphatic hydroxyl groups is 2. The SMILES string of the molecule is O=C(c1ccc(C(=O)C2(O)CCCCC2)cc1)c1ccc(C(=O)C2(O)CCCCC2)cc1. The van der Waals surface area contributed by atoms with E-state index in [0.717, 1.165) is 38.5 Å². The average molecular weight is 435 g/mol. The summed E-state index contributed by atoms with van der Waals surface area (Å²) in [5, 5.41) is 21.3. The summed E-state index contributed by atoms with van der Waals surface area (Å²) in [6.45, 7) is 0. The first-order valence-electron chi connectivity index (χ1n) is 11.6. The number of ketones is 3. The van der Waals surface area contributed by atoms with Crippen molar-refractivity contribution < 1.29 is 24.6 Å². The summed E-state index contributed by atoms with van der Waals surface area (Å²) < 4.78 is 0. The van der Waals surface area contributed by atoms with Crippen molar-refractivity contribution >= 4 is 17.3 Å². The maximum Gasteiger partial charge on any atom is 0.194 e. The Kier molecular flexibility index (Phi) is 6.40. The minimum atomic E-state index is -1.30. The molecule has 2 aliphatic carbocycles. The monoisotopic (exact) mass is 434 g/mol. The predicted octanol–water partition coefficient (Wildman–Crippen LogP) is 4.67. The summed E-state index contributed by atoms with van der Waals surface area (Å²) in [7, 11) is 0. The third-order valence-corrected chi connectivity index (χ3v) is 7.03. The van der Waals surface area contributed by atoms with Crippen LogP contribution in [0.3, 0.4) is 0 Å². The highest BCUT2D eigenvalue weighted by molar-refractivity contribution is 6.10. The highest BCUT2D eigenvalue weighted by Crippen LogP contribution is 2.32. The Labute approximate surface area is 188 Å². The Balaban J connectivity index is 1.46. The van der Waals surface area contributed by atoms with Crippen LogP contribution >= 0.6 is 0 Å². The summed E-state index contributed by atoms with van der Waals surface area (Å²) in [4.78, 5) is 38.4. The van der Waals surface area contributed by atoms with Gasteiger partial charge in [-0.25, -0.2) is 0 Å². The van der Waals surface area contributed by atoms with Gasteiger partial charge in [-0.3, -0.25) is 14.4 Å². The van der Waals surface area contributed by atoms with E-state index in [2.05, 4.69) is 0 Å². The summed E-state index contributed by atoms with van der Waals surface area (Å²) in [5.41, 5.74) is -0.909. The molecule has 0 aliphatic heterocycles. The summed E-state index contributed by atoms with van der Waals surface area (Å²) in [5.74, 6) is -0.768. The molecule has 168 valence electrons. The van der Waals surface area contributed by atoms with Crippen molar-refractivity contribution in [3.63, 3.8) is 0 Å². The largest absolute Gasteiger partial charge is 0.382 e. The van der Waals surface area contributed by atoms with Crippen LogP contribution in [0.25, 0.3) is 0 Å². The number of hydrogen-bond acceptors (Lipinski definition) is 5. The second-order valence-corrected chi connectivity index (χ2v) is 9.33. The molecular weight excluding hydrogens is 404 g/mol. The Bertz CT molecular complexity index is 910. The maximum atomic E-state index is 12.9. The van der Waals surface area contributed by atoms with Gasteiger partial charge in [-0.1, -0.05) is 87.1 Å². The van der Waals surface area contributed by atoms with E-state index in [1.807, 2.05) is 0 Å². The van der Waals surface area contributed by atoms with Gasteiger partial charge in [0.25, 0.3) is 0 Å². The normalized spacial score (nSPS) is 19.8. The molecule has 0 saturated heterocycles. The van der Waals surface area contributed by atoms with Crippen LogP contribution in [0, 0.1) is 0 Å². The highest BCUT2D eigenvalue weighted by atomic mass is 16.3. The van der Waals surface area contributed by atoms with Crippen molar-refractivity contribution in [2.24, 2.45) is 0 Å². The number of carbonyl (C=O) groups is 3. The molecule has 0 atom stereocenters. The lowest BCUT2D eigenvalue weighted by Crippen LogP contribution is -2.40. The minimum Gasteiger partial charge on any atom is -0.382 e. The topological polar surface area (TPSA) is 91.7 Å². The molecule has 0 spiro atoms. The zero-order chi connectivity index (χ0) is 22.8. The molecule has 0 bridgehead atoms. The second kappa shape index (κ2) is 9.08. The predicted molar refractivity (Wildman–Crippen MR) is 121 cm³/mol. The van der Waals surface area contributed by atoms with Gasteiger partial charge in [0.15, 0.2) is 17.3 Å². The molecule has 0 heterocycles. The van der Waals surface area contributed by atoms with Gasteiger partial charge in [-0.2, -0.15) is 0 Å². The van der Waals surface area contributed by atoms with Crippen LogP contribution in [0.4, 0.5) is 0 Å². The smallest absolute Gasteiger partial charge is 0.194 e. The van der Waals surface area contributed by atoms with Gasteiger partial charge in [-0.15, -0.1) is 0 Å². The molecule has 5 heteroatoms. The molecule has 2 aromatic carbocycles. The molecule has 2 fully saturated rings. The quantitative estimate of drug-likeness (QED) is 0.645. The molecule has 2 N–H and O–H groups in total. The van der Waals surface area contributed by atoms with Crippen molar-refractivity contribution in [3.8, 4) is 0 Å². The molecule has 0 radical (unpaired) electrons. The van der Waals surface area contributed by atoms with Crippen molar-refractivity contribution in [1.82, 2.24) is 0 Å². The van der Waals surface area contributed by atoms with Crippen LogP contribution in [-0.2, 0) is 0 Å². The molecule has 4 rings (SSSR count). The van der Waals surface area contributed by atoms with Crippen LogP contribution in [0.1, 0.15) is 101 Å². The van der Waals surface area contributed by atoms with E-state index in [0.29, 0.717) is 47.9 Å². The summed E-state index contributed by atoms with van der Waals surface area (Å²) in [6.07, 6.45) is 7.35. The van der Waals surface area contributed by atoms with Crippen LogP contribution in [-0.4, -0.2) is 38.8 Å². The van der Waals surface area contributed by atoms with E-state index in [-0.39, 0.29) is 17.3 Å². The van der Waals surface area contributed by atoms with E-state index in [4.69, 9.17) is 0 Å². The number of benzene rings is 2. The second-order valence-electron chi connectivity index (χ2n) is 9.33. The highest BCUT2D eigenvalue weighted by Gasteiger charge is 2.38. The third-order valence-electron chi connectivity index (χ3n) is 7.03. The first kappa shape index (κ1) is 22.6. The molecule has 2 aliphatic rings. The Hall–Kier alpha value is -2.63. The zero-order valence-corrected chi connectivity index (χ0v) is 18.3. The lowest BCUT2D eigenvalue weighted by molar-refractivity contribution is 0.0116. The van der Waals surface area contributed by atoms with Crippen LogP contribution < -0.4 is 0 Å². The van der Waals surface area contributed by atoms with Gasteiger partial charge < -0.3 is 10.2 Å². The van der Waals surface area contributed by atoms with Crippen molar-refractivity contribution in [2.75, 3.05) is 0 Å². The molecule has 5 nitrogen and oxygen atoms in total. The molecule has 32 heavy (non-hydrogen) atoms. The van der Waals surface area contributed by atoms with Gasteiger partial charge in [0.1, 0.15) is 11.2 Å². The number of rotatable bonds is 6. The van der Waals surface area contributed by atoms with E-state index >= 15 is 0 Å². The first-order chi connectivity index (χ1) is 15.3. The number of carbonyl (C=O) groups excluding carboxylic acids is 3. The zero-order valence-electron chi connectivity index (χ0n) is 18.3. The maximum absolute atomic E-state index is 12.9. The van der Waals surface area contributed by atoms with E-state index < -0.39 is 11.2 Å².